The standard InChI is InChI=1S/C48H27NOS/c50-47-46-35(27-42(51-46)29-15-5-2-6-16-29)34-25-30(28-13-3-1-4-14-28)26-36-44-41(49(47)45(34)36)24-23-40-43(44)33-19-9-12-22-39(33)48(40)37-20-10-7-17-31(37)32-18-8-11-21-38(32)48/h1-27H. The maximum atomic E-state index is 14.9. The van der Waals surface area contributed by atoms with Gasteiger partial charge in [-0.25, -0.2) is 0 Å². The van der Waals surface area contributed by atoms with Crippen molar-refractivity contribution in [2.24, 2.45) is 0 Å². The molecule has 12 rings (SSSR count). The van der Waals surface area contributed by atoms with Gasteiger partial charge in [-0.05, 0) is 85.5 Å². The molecule has 51 heavy (non-hydrogen) atoms. The number of hydrogen-bond donors (Lipinski definition) is 0. The van der Waals surface area contributed by atoms with E-state index in [1.165, 1.54) is 44.5 Å². The van der Waals surface area contributed by atoms with Crippen LogP contribution in [-0.2, 0) is 5.41 Å². The monoisotopic (exact) mass is 665 g/mol. The van der Waals surface area contributed by atoms with Crippen molar-refractivity contribution in [2.75, 3.05) is 0 Å². The molecule has 0 bridgehead atoms. The van der Waals surface area contributed by atoms with Crippen LogP contribution in [0.2, 0.25) is 0 Å². The van der Waals surface area contributed by atoms with Crippen molar-refractivity contribution >= 4 is 48.6 Å². The minimum Gasteiger partial charge on any atom is -0.274 e. The highest BCUT2D eigenvalue weighted by Gasteiger charge is 2.52. The molecular formula is C48H27NOS. The normalized spacial score (nSPS) is 13.7. The van der Waals surface area contributed by atoms with Gasteiger partial charge in [-0.15, -0.1) is 11.3 Å². The van der Waals surface area contributed by atoms with Gasteiger partial charge in [0.05, 0.1) is 16.4 Å². The zero-order chi connectivity index (χ0) is 33.4. The van der Waals surface area contributed by atoms with Gasteiger partial charge < -0.3 is 0 Å². The van der Waals surface area contributed by atoms with Crippen LogP contribution in [0.15, 0.2) is 169 Å². The second-order valence-electron chi connectivity index (χ2n) is 13.9. The first-order valence-corrected chi connectivity index (χ1v) is 18.3. The van der Waals surface area contributed by atoms with E-state index in [0.717, 1.165) is 58.8 Å². The Labute approximate surface area is 297 Å². The number of fused-ring (bicyclic) bond motifs is 16. The van der Waals surface area contributed by atoms with Crippen LogP contribution in [0.4, 0.5) is 0 Å². The van der Waals surface area contributed by atoms with E-state index < -0.39 is 5.41 Å². The van der Waals surface area contributed by atoms with Gasteiger partial charge in [0.1, 0.15) is 4.70 Å². The van der Waals surface area contributed by atoms with E-state index in [-0.39, 0.29) is 5.56 Å². The molecule has 1 spiro atoms. The molecule has 10 aromatic rings. The van der Waals surface area contributed by atoms with Crippen molar-refractivity contribution < 1.29 is 0 Å². The molecule has 0 saturated heterocycles. The predicted molar refractivity (Wildman–Crippen MR) is 212 cm³/mol. The van der Waals surface area contributed by atoms with Gasteiger partial charge in [-0.3, -0.25) is 9.20 Å². The smallest absolute Gasteiger partial charge is 0.273 e. The van der Waals surface area contributed by atoms with Crippen LogP contribution in [0, 0.1) is 0 Å². The van der Waals surface area contributed by atoms with Gasteiger partial charge in [-0.2, -0.15) is 0 Å². The van der Waals surface area contributed by atoms with Gasteiger partial charge in [0, 0.05) is 26.4 Å². The quantitative estimate of drug-likeness (QED) is 0.180. The Balaban J connectivity index is 1.29. The summed E-state index contributed by atoms with van der Waals surface area (Å²) in [6.45, 7) is 0. The third kappa shape index (κ3) is 3.30. The van der Waals surface area contributed by atoms with Crippen LogP contribution in [0.3, 0.4) is 0 Å². The number of pyridine rings is 1. The summed E-state index contributed by atoms with van der Waals surface area (Å²) in [5.74, 6) is 0. The topological polar surface area (TPSA) is 21.5 Å². The highest BCUT2D eigenvalue weighted by molar-refractivity contribution is 7.22. The fourth-order valence-electron chi connectivity index (χ4n) is 9.63. The summed E-state index contributed by atoms with van der Waals surface area (Å²) < 4.78 is 2.81. The second kappa shape index (κ2) is 9.69. The van der Waals surface area contributed by atoms with E-state index in [1.54, 1.807) is 11.3 Å². The Morgan fingerprint density at radius 3 is 1.73 bits per heavy atom. The molecule has 0 saturated carbocycles. The number of rotatable bonds is 2. The first-order valence-electron chi connectivity index (χ1n) is 17.5. The second-order valence-corrected chi connectivity index (χ2v) is 15.0. The van der Waals surface area contributed by atoms with Crippen LogP contribution in [0.25, 0.3) is 81.1 Å². The van der Waals surface area contributed by atoms with Crippen molar-refractivity contribution in [3.8, 4) is 43.8 Å². The van der Waals surface area contributed by atoms with Crippen LogP contribution in [0.1, 0.15) is 22.3 Å². The largest absolute Gasteiger partial charge is 0.274 e. The fourth-order valence-corrected chi connectivity index (χ4v) is 10.7. The molecule has 236 valence electrons. The van der Waals surface area contributed by atoms with Gasteiger partial charge in [0.25, 0.3) is 5.56 Å². The molecule has 0 radical (unpaired) electrons. The summed E-state index contributed by atoms with van der Waals surface area (Å²) in [5, 5.41) is 4.41. The average molecular weight is 666 g/mol. The minimum atomic E-state index is -0.449. The van der Waals surface area contributed by atoms with Crippen molar-refractivity contribution in [2.45, 2.75) is 5.41 Å². The van der Waals surface area contributed by atoms with E-state index in [0.29, 0.717) is 0 Å². The van der Waals surface area contributed by atoms with Crippen molar-refractivity contribution in [1.82, 2.24) is 4.40 Å². The molecule has 0 fully saturated rings. The zero-order valence-electron chi connectivity index (χ0n) is 27.4. The lowest BCUT2D eigenvalue weighted by atomic mass is 9.70. The first kappa shape index (κ1) is 27.5. The third-order valence-corrected chi connectivity index (χ3v) is 12.7. The highest BCUT2D eigenvalue weighted by atomic mass is 32.1. The Hall–Kier alpha value is -6.29. The molecule has 3 aromatic heterocycles. The molecule has 0 amide bonds. The molecule has 7 aromatic carbocycles. The maximum Gasteiger partial charge on any atom is 0.273 e. The number of thiophene rings is 1. The molecule has 0 aliphatic heterocycles. The maximum absolute atomic E-state index is 14.9. The molecule has 2 aliphatic carbocycles. The third-order valence-electron chi connectivity index (χ3n) is 11.6. The first-order chi connectivity index (χ1) is 25.2. The van der Waals surface area contributed by atoms with E-state index in [9.17, 15) is 4.79 Å². The number of hydrogen-bond acceptors (Lipinski definition) is 2. The van der Waals surface area contributed by atoms with Gasteiger partial charge >= 0.3 is 0 Å². The van der Waals surface area contributed by atoms with Crippen molar-refractivity contribution in [1.29, 1.82) is 0 Å². The number of nitrogens with zero attached hydrogens (tertiary/aromatic N) is 1. The summed E-state index contributed by atoms with van der Waals surface area (Å²) in [4.78, 5) is 16.0. The van der Waals surface area contributed by atoms with Crippen LogP contribution < -0.4 is 5.56 Å². The molecular weight excluding hydrogens is 639 g/mol. The summed E-state index contributed by atoms with van der Waals surface area (Å²) in [6.07, 6.45) is 0. The zero-order valence-corrected chi connectivity index (χ0v) is 28.2. The van der Waals surface area contributed by atoms with Crippen molar-refractivity contribution in [3.05, 3.63) is 196 Å². The molecule has 2 aliphatic rings. The Bertz CT molecular complexity index is 3110. The number of benzene rings is 7. The molecule has 2 nitrogen and oxygen atoms in total. The Morgan fingerprint density at radius 1 is 0.471 bits per heavy atom. The average Bonchev–Trinajstić information content (AvgIpc) is 3.94. The fraction of sp³-hybridized carbons (Fsp3) is 0.0208. The lowest BCUT2D eigenvalue weighted by Gasteiger charge is -2.30. The van der Waals surface area contributed by atoms with E-state index in [1.807, 2.05) is 10.5 Å². The van der Waals surface area contributed by atoms with Crippen LogP contribution in [-0.4, -0.2) is 4.40 Å². The van der Waals surface area contributed by atoms with Crippen LogP contribution in [0.5, 0.6) is 0 Å². The lowest BCUT2D eigenvalue weighted by Crippen LogP contribution is -2.25. The van der Waals surface area contributed by atoms with Crippen molar-refractivity contribution in [3.63, 3.8) is 0 Å². The highest BCUT2D eigenvalue weighted by Crippen LogP contribution is 2.64. The molecule has 3 heterocycles. The summed E-state index contributed by atoms with van der Waals surface area (Å²) in [5.41, 5.74) is 15.3. The molecule has 0 N–H and O–H groups in total. The predicted octanol–water partition coefficient (Wildman–Crippen LogP) is 11.9. The minimum absolute atomic E-state index is 0.0506. The SMILES string of the molecule is O=c1c2sc(-c3ccccc3)cc2c2cc(-c3ccccc3)cc3c4c5c(ccc4n1c23)C1(c2ccccc2-c2ccccc21)c1ccccc1-5. The summed E-state index contributed by atoms with van der Waals surface area (Å²) in [7, 11) is 0. The molecule has 0 unspecified atom stereocenters. The molecule has 0 atom stereocenters. The van der Waals surface area contributed by atoms with Crippen LogP contribution >= 0.6 is 11.3 Å². The molecule has 3 heteroatoms. The lowest BCUT2D eigenvalue weighted by molar-refractivity contribution is 0.794. The van der Waals surface area contributed by atoms with Gasteiger partial charge in [0.15, 0.2) is 0 Å². The van der Waals surface area contributed by atoms with E-state index >= 15 is 0 Å². The Kier molecular flexibility index (Phi) is 5.23. The number of aromatic nitrogens is 1. The Morgan fingerprint density at radius 2 is 1.04 bits per heavy atom. The summed E-state index contributed by atoms with van der Waals surface area (Å²) >= 11 is 1.60. The van der Waals surface area contributed by atoms with E-state index in [2.05, 4.69) is 158 Å². The van der Waals surface area contributed by atoms with E-state index in [4.69, 9.17) is 0 Å². The van der Waals surface area contributed by atoms with Gasteiger partial charge in [0.2, 0.25) is 0 Å². The summed E-state index contributed by atoms with van der Waals surface area (Å²) in [6, 6.07) is 59.3. The van der Waals surface area contributed by atoms with Gasteiger partial charge in [-0.1, -0.05) is 140 Å².